The summed E-state index contributed by atoms with van der Waals surface area (Å²) in [6, 6.07) is 18.3. The van der Waals surface area contributed by atoms with Crippen LogP contribution in [0.5, 0.6) is 0 Å². The third-order valence-electron chi connectivity index (χ3n) is 6.90. The van der Waals surface area contributed by atoms with Gasteiger partial charge in [0.25, 0.3) is 5.56 Å². The van der Waals surface area contributed by atoms with Gasteiger partial charge >= 0.3 is 0 Å². The quantitative estimate of drug-likeness (QED) is 0.405. The molecule has 0 saturated carbocycles. The van der Waals surface area contributed by atoms with Crippen molar-refractivity contribution < 1.29 is 13.2 Å². The SMILES string of the molecule is CC(=O)N1CCC(c2ccc(Nc3nc(-c4cccc(S(C)(=O)=O)c4)cc4cc[nH]c(=O)c34)cc2)CC1. The number of anilines is 2. The molecule has 2 N–H and O–H groups in total. The molecule has 1 amide bonds. The standard InChI is InChI=1S/C28H28N4O4S/c1-18(33)32-14-11-20(12-15-32)19-6-8-23(9-7-19)30-27-26-22(10-13-29-28(26)34)17-25(31-27)21-4-3-5-24(16-21)37(2,35)36/h3-10,13,16-17,20H,11-12,14-15H2,1-2H3,(H,29,34)(H,30,31). The topological polar surface area (TPSA) is 112 Å². The lowest BCUT2D eigenvalue weighted by atomic mass is 9.89. The molecule has 1 saturated heterocycles. The number of piperidine rings is 1. The molecule has 4 aromatic rings. The minimum absolute atomic E-state index is 0.123. The lowest BCUT2D eigenvalue weighted by Crippen LogP contribution is -2.36. The predicted molar refractivity (Wildman–Crippen MR) is 145 cm³/mol. The number of nitrogens with zero attached hydrogens (tertiary/aromatic N) is 2. The second kappa shape index (κ2) is 9.82. The Morgan fingerprint density at radius 3 is 2.46 bits per heavy atom. The molecular weight excluding hydrogens is 488 g/mol. The molecule has 2 aromatic heterocycles. The zero-order chi connectivity index (χ0) is 26.2. The first-order valence-corrected chi connectivity index (χ1v) is 14.0. The summed E-state index contributed by atoms with van der Waals surface area (Å²) in [7, 11) is -3.38. The van der Waals surface area contributed by atoms with Crippen LogP contribution in [-0.4, -0.2) is 48.5 Å². The van der Waals surface area contributed by atoms with Gasteiger partial charge in [-0.1, -0.05) is 24.3 Å². The van der Waals surface area contributed by atoms with Gasteiger partial charge in [-0.25, -0.2) is 13.4 Å². The molecule has 3 heterocycles. The number of hydrogen-bond donors (Lipinski definition) is 2. The molecule has 2 aromatic carbocycles. The molecule has 8 nitrogen and oxygen atoms in total. The van der Waals surface area contributed by atoms with Gasteiger partial charge in [0.1, 0.15) is 5.82 Å². The largest absolute Gasteiger partial charge is 0.343 e. The fourth-order valence-electron chi connectivity index (χ4n) is 4.84. The average molecular weight is 517 g/mol. The van der Waals surface area contributed by atoms with Gasteiger partial charge in [-0.05, 0) is 66.1 Å². The summed E-state index contributed by atoms with van der Waals surface area (Å²) in [5.41, 5.74) is 2.93. The maximum Gasteiger partial charge on any atom is 0.259 e. The fraction of sp³-hybridized carbons (Fsp3) is 0.250. The number of hydrogen-bond acceptors (Lipinski definition) is 6. The van der Waals surface area contributed by atoms with Crippen LogP contribution >= 0.6 is 0 Å². The van der Waals surface area contributed by atoms with E-state index in [4.69, 9.17) is 4.98 Å². The number of fused-ring (bicyclic) bond motifs is 1. The zero-order valence-corrected chi connectivity index (χ0v) is 21.5. The number of amides is 1. The normalized spacial score (nSPS) is 14.6. The smallest absolute Gasteiger partial charge is 0.259 e. The molecule has 37 heavy (non-hydrogen) atoms. The molecule has 190 valence electrons. The average Bonchev–Trinajstić information content (AvgIpc) is 2.89. The van der Waals surface area contributed by atoms with Crippen LogP contribution in [0.25, 0.3) is 22.0 Å². The fourth-order valence-corrected chi connectivity index (χ4v) is 5.51. The van der Waals surface area contributed by atoms with Gasteiger partial charge in [-0.15, -0.1) is 0 Å². The Kier molecular flexibility index (Phi) is 6.55. The van der Waals surface area contributed by atoms with Crippen LogP contribution in [0.2, 0.25) is 0 Å². The second-order valence-electron chi connectivity index (χ2n) is 9.45. The number of pyridine rings is 2. The molecule has 0 unspecified atom stereocenters. The highest BCUT2D eigenvalue weighted by Crippen LogP contribution is 2.31. The van der Waals surface area contributed by atoms with E-state index in [2.05, 4.69) is 22.4 Å². The van der Waals surface area contributed by atoms with Gasteiger partial charge in [0.05, 0.1) is 16.0 Å². The molecule has 0 spiro atoms. The summed E-state index contributed by atoms with van der Waals surface area (Å²) in [5, 5.41) is 4.40. The molecule has 1 aliphatic heterocycles. The van der Waals surface area contributed by atoms with E-state index in [1.807, 2.05) is 17.0 Å². The summed E-state index contributed by atoms with van der Waals surface area (Å²) in [6.45, 7) is 3.15. The Balaban J connectivity index is 1.47. The number of aromatic nitrogens is 2. The third-order valence-corrected chi connectivity index (χ3v) is 8.01. The van der Waals surface area contributed by atoms with Gasteiger partial charge in [-0.2, -0.15) is 0 Å². The van der Waals surface area contributed by atoms with E-state index in [1.54, 1.807) is 49.5 Å². The second-order valence-corrected chi connectivity index (χ2v) is 11.5. The van der Waals surface area contributed by atoms with Gasteiger partial charge in [0.15, 0.2) is 9.84 Å². The minimum Gasteiger partial charge on any atom is -0.343 e. The molecule has 1 fully saturated rings. The number of nitrogens with one attached hydrogen (secondary N) is 2. The molecule has 1 aliphatic rings. The monoisotopic (exact) mass is 516 g/mol. The molecular formula is C28H28N4O4S. The summed E-state index contributed by atoms with van der Waals surface area (Å²) in [5.74, 6) is 0.913. The van der Waals surface area contributed by atoms with E-state index in [0.717, 1.165) is 31.6 Å². The van der Waals surface area contributed by atoms with Crippen LogP contribution in [0.1, 0.15) is 31.2 Å². The first-order valence-electron chi connectivity index (χ1n) is 12.1. The third kappa shape index (κ3) is 5.27. The van der Waals surface area contributed by atoms with Crippen molar-refractivity contribution in [2.45, 2.75) is 30.6 Å². The number of likely N-dealkylation sites (tertiary alicyclic amines) is 1. The first kappa shape index (κ1) is 24.7. The van der Waals surface area contributed by atoms with Crippen LogP contribution in [-0.2, 0) is 14.6 Å². The van der Waals surface area contributed by atoms with Crippen molar-refractivity contribution in [1.82, 2.24) is 14.9 Å². The van der Waals surface area contributed by atoms with Crippen LogP contribution in [0, 0.1) is 0 Å². The molecule has 0 radical (unpaired) electrons. The van der Waals surface area contributed by atoms with Crippen molar-refractivity contribution >= 4 is 38.0 Å². The van der Waals surface area contributed by atoms with E-state index in [0.29, 0.717) is 33.8 Å². The minimum atomic E-state index is -3.38. The highest BCUT2D eigenvalue weighted by atomic mass is 32.2. The van der Waals surface area contributed by atoms with E-state index >= 15 is 0 Å². The highest BCUT2D eigenvalue weighted by Gasteiger charge is 2.22. The Morgan fingerprint density at radius 2 is 1.78 bits per heavy atom. The first-order chi connectivity index (χ1) is 17.7. The summed E-state index contributed by atoms with van der Waals surface area (Å²) in [6.07, 6.45) is 4.62. The van der Waals surface area contributed by atoms with Gasteiger partial charge in [0, 0.05) is 43.7 Å². The van der Waals surface area contributed by atoms with Crippen molar-refractivity contribution in [2.24, 2.45) is 0 Å². The van der Waals surface area contributed by atoms with Crippen LogP contribution < -0.4 is 10.9 Å². The Bertz CT molecular complexity index is 1640. The maximum absolute atomic E-state index is 12.7. The van der Waals surface area contributed by atoms with Crippen molar-refractivity contribution in [3.8, 4) is 11.3 Å². The Labute approximate surface area is 215 Å². The number of carbonyl (C=O) groups is 1. The van der Waals surface area contributed by atoms with Crippen molar-refractivity contribution in [1.29, 1.82) is 0 Å². The predicted octanol–water partition coefficient (Wildman–Crippen LogP) is 4.46. The lowest BCUT2D eigenvalue weighted by Gasteiger charge is -2.31. The number of aromatic amines is 1. The van der Waals surface area contributed by atoms with E-state index in [1.165, 1.54) is 11.8 Å². The summed E-state index contributed by atoms with van der Waals surface area (Å²) in [4.78, 5) is 33.9. The lowest BCUT2D eigenvalue weighted by molar-refractivity contribution is -0.129. The van der Waals surface area contributed by atoms with Crippen molar-refractivity contribution in [2.75, 3.05) is 24.7 Å². The molecule has 0 bridgehead atoms. The van der Waals surface area contributed by atoms with E-state index in [9.17, 15) is 18.0 Å². The Morgan fingerprint density at radius 1 is 1.05 bits per heavy atom. The number of sulfone groups is 1. The van der Waals surface area contributed by atoms with Crippen LogP contribution in [0.15, 0.2) is 76.6 Å². The van der Waals surface area contributed by atoms with Gasteiger partial charge in [0.2, 0.25) is 5.91 Å². The van der Waals surface area contributed by atoms with Gasteiger partial charge in [-0.3, -0.25) is 9.59 Å². The molecule has 0 atom stereocenters. The van der Waals surface area contributed by atoms with E-state index in [-0.39, 0.29) is 16.4 Å². The molecule has 9 heteroatoms. The Hall–Kier alpha value is -3.98. The van der Waals surface area contributed by atoms with Gasteiger partial charge < -0.3 is 15.2 Å². The molecule has 0 aliphatic carbocycles. The highest BCUT2D eigenvalue weighted by molar-refractivity contribution is 7.90. The number of H-pyrrole nitrogens is 1. The summed E-state index contributed by atoms with van der Waals surface area (Å²) < 4.78 is 24.1. The van der Waals surface area contributed by atoms with Crippen LogP contribution in [0.3, 0.4) is 0 Å². The maximum atomic E-state index is 12.7. The molecule has 5 rings (SSSR count). The summed E-state index contributed by atoms with van der Waals surface area (Å²) >= 11 is 0. The van der Waals surface area contributed by atoms with Crippen molar-refractivity contribution in [3.05, 3.63) is 82.8 Å². The zero-order valence-electron chi connectivity index (χ0n) is 20.7. The van der Waals surface area contributed by atoms with Crippen LogP contribution in [0.4, 0.5) is 11.5 Å². The number of carbonyl (C=O) groups excluding carboxylic acids is 1. The van der Waals surface area contributed by atoms with E-state index < -0.39 is 9.84 Å². The number of benzene rings is 2. The van der Waals surface area contributed by atoms with Crippen molar-refractivity contribution in [3.63, 3.8) is 0 Å². The number of rotatable bonds is 5.